The molecule has 0 bridgehead atoms. The maximum absolute atomic E-state index is 12.4. The van der Waals surface area contributed by atoms with Crippen LogP contribution in [0, 0.1) is 0 Å². The molecule has 1 heterocycles. The summed E-state index contributed by atoms with van der Waals surface area (Å²) in [5.74, 6) is 0.375. The molecule has 1 amide bonds. The highest BCUT2D eigenvalue weighted by Crippen LogP contribution is 2.18. The predicted molar refractivity (Wildman–Crippen MR) is 103 cm³/mol. The Bertz CT molecular complexity index is 702. The van der Waals surface area contributed by atoms with Gasteiger partial charge in [0.05, 0.1) is 0 Å². The molecule has 134 valence electrons. The van der Waals surface area contributed by atoms with E-state index in [-0.39, 0.29) is 11.4 Å². The van der Waals surface area contributed by atoms with Gasteiger partial charge in [0, 0.05) is 36.1 Å². The highest BCUT2D eigenvalue weighted by Gasteiger charge is 2.13. The number of carbonyl (C=O) groups excluding carboxylic acids is 1. The van der Waals surface area contributed by atoms with Crippen molar-refractivity contribution in [2.24, 2.45) is 0 Å². The molecule has 0 fully saturated rings. The van der Waals surface area contributed by atoms with E-state index < -0.39 is 0 Å². The third-order valence-corrected chi connectivity index (χ3v) is 3.66. The molecular weight excluding hydrogens is 314 g/mol. The van der Waals surface area contributed by atoms with Gasteiger partial charge in [-0.05, 0) is 58.9 Å². The lowest BCUT2D eigenvalue weighted by molar-refractivity contribution is 0.102. The standard InChI is InChI=1S/C19H27N5O/c1-6-24(7-2)15-10-8-14(9-11-15)22-18(25)16-12-17(21-13-20-16)23-19(3,4)5/h8-13H,6-7H2,1-5H3,(H,22,25)(H,20,21,23). The lowest BCUT2D eigenvalue weighted by Crippen LogP contribution is -2.27. The summed E-state index contributed by atoms with van der Waals surface area (Å²) >= 11 is 0. The zero-order valence-electron chi connectivity index (χ0n) is 15.6. The minimum atomic E-state index is -0.255. The summed E-state index contributed by atoms with van der Waals surface area (Å²) in [7, 11) is 0. The highest BCUT2D eigenvalue weighted by atomic mass is 16.1. The minimum Gasteiger partial charge on any atom is -0.372 e. The fourth-order valence-corrected chi connectivity index (χ4v) is 2.47. The Morgan fingerprint density at radius 2 is 1.72 bits per heavy atom. The van der Waals surface area contributed by atoms with Crippen LogP contribution in [0.2, 0.25) is 0 Å². The maximum Gasteiger partial charge on any atom is 0.274 e. The SMILES string of the molecule is CCN(CC)c1ccc(NC(=O)c2cc(NC(C)(C)C)ncn2)cc1. The van der Waals surface area contributed by atoms with Gasteiger partial charge in [-0.3, -0.25) is 4.79 Å². The molecule has 1 aromatic heterocycles. The molecule has 0 aliphatic heterocycles. The molecule has 0 aliphatic rings. The molecule has 0 atom stereocenters. The third-order valence-electron chi connectivity index (χ3n) is 3.66. The molecule has 2 aromatic rings. The fraction of sp³-hybridized carbons (Fsp3) is 0.421. The first-order valence-electron chi connectivity index (χ1n) is 8.59. The third kappa shape index (κ3) is 5.45. The first-order chi connectivity index (χ1) is 11.8. The van der Waals surface area contributed by atoms with Gasteiger partial charge < -0.3 is 15.5 Å². The average molecular weight is 341 g/mol. The quantitative estimate of drug-likeness (QED) is 0.836. The molecule has 25 heavy (non-hydrogen) atoms. The van der Waals surface area contributed by atoms with Gasteiger partial charge in [0.1, 0.15) is 17.8 Å². The van der Waals surface area contributed by atoms with E-state index in [0.29, 0.717) is 11.5 Å². The van der Waals surface area contributed by atoms with Crippen molar-refractivity contribution in [1.82, 2.24) is 9.97 Å². The summed E-state index contributed by atoms with van der Waals surface area (Å²) in [5.41, 5.74) is 2.07. The van der Waals surface area contributed by atoms with Gasteiger partial charge in [-0.15, -0.1) is 0 Å². The van der Waals surface area contributed by atoms with Crippen molar-refractivity contribution in [3.8, 4) is 0 Å². The number of carbonyl (C=O) groups is 1. The Morgan fingerprint density at radius 1 is 1.08 bits per heavy atom. The van der Waals surface area contributed by atoms with Crippen molar-refractivity contribution in [2.75, 3.05) is 28.6 Å². The molecule has 2 rings (SSSR count). The Kier molecular flexibility index (Phi) is 5.96. The zero-order chi connectivity index (χ0) is 18.4. The van der Waals surface area contributed by atoms with Crippen molar-refractivity contribution >= 4 is 23.1 Å². The van der Waals surface area contributed by atoms with Crippen LogP contribution >= 0.6 is 0 Å². The topological polar surface area (TPSA) is 70.2 Å². The van der Waals surface area contributed by atoms with Gasteiger partial charge in [0.2, 0.25) is 0 Å². The number of hydrogen-bond acceptors (Lipinski definition) is 5. The van der Waals surface area contributed by atoms with E-state index in [1.54, 1.807) is 6.07 Å². The normalized spacial score (nSPS) is 11.1. The second kappa shape index (κ2) is 7.96. The van der Waals surface area contributed by atoms with Crippen LogP contribution < -0.4 is 15.5 Å². The number of amides is 1. The van der Waals surface area contributed by atoms with Crippen molar-refractivity contribution in [3.05, 3.63) is 42.4 Å². The van der Waals surface area contributed by atoms with Gasteiger partial charge >= 0.3 is 0 Å². The fourth-order valence-electron chi connectivity index (χ4n) is 2.47. The van der Waals surface area contributed by atoms with E-state index in [1.165, 1.54) is 6.33 Å². The first-order valence-corrected chi connectivity index (χ1v) is 8.59. The molecule has 0 saturated carbocycles. The summed E-state index contributed by atoms with van der Waals surface area (Å²) < 4.78 is 0. The van der Waals surface area contributed by atoms with E-state index >= 15 is 0 Å². The van der Waals surface area contributed by atoms with E-state index in [1.807, 2.05) is 45.0 Å². The summed E-state index contributed by atoms with van der Waals surface area (Å²) in [6.45, 7) is 12.2. The maximum atomic E-state index is 12.4. The van der Waals surface area contributed by atoms with Crippen LogP contribution in [-0.4, -0.2) is 34.5 Å². The van der Waals surface area contributed by atoms with Gasteiger partial charge in [-0.25, -0.2) is 9.97 Å². The molecule has 0 radical (unpaired) electrons. The molecule has 1 aromatic carbocycles. The largest absolute Gasteiger partial charge is 0.372 e. The van der Waals surface area contributed by atoms with Crippen LogP contribution in [-0.2, 0) is 0 Å². The van der Waals surface area contributed by atoms with Crippen molar-refractivity contribution in [1.29, 1.82) is 0 Å². The van der Waals surface area contributed by atoms with Crippen LogP contribution in [0.25, 0.3) is 0 Å². The molecule has 0 spiro atoms. The number of rotatable bonds is 6. The van der Waals surface area contributed by atoms with E-state index in [0.717, 1.165) is 24.5 Å². The number of nitrogens with one attached hydrogen (secondary N) is 2. The summed E-state index contributed by atoms with van der Waals surface area (Å²) in [4.78, 5) is 22.9. The molecule has 0 saturated heterocycles. The molecular formula is C19H27N5O. The minimum absolute atomic E-state index is 0.137. The van der Waals surface area contributed by atoms with Crippen LogP contribution in [0.1, 0.15) is 45.1 Å². The second-order valence-corrected chi connectivity index (χ2v) is 6.84. The number of anilines is 3. The molecule has 2 N–H and O–H groups in total. The Labute approximate surface area is 149 Å². The van der Waals surface area contributed by atoms with Gasteiger partial charge in [-0.2, -0.15) is 0 Å². The van der Waals surface area contributed by atoms with Gasteiger partial charge in [0.25, 0.3) is 5.91 Å². The monoisotopic (exact) mass is 341 g/mol. The van der Waals surface area contributed by atoms with E-state index in [2.05, 4.69) is 39.3 Å². The Balaban J connectivity index is 2.08. The number of nitrogens with zero attached hydrogens (tertiary/aromatic N) is 3. The second-order valence-electron chi connectivity index (χ2n) is 6.84. The number of aromatic nitrogens is 2. The Hall–Kier alpha value is -2.63. The van der Waals surface area contributed by atoms with Crippen molar-refractivity contribution in [3.63, 3.8) is 0 Å². The predicted octanol–water partition coefficient (Wildman–Crippen LogP) is 3.79. The molecule has 6 nitrogen and oxygen atoms in total. The van der Waals surface area contributed by atoms with Gasteiger partial charge in [0.15, 0.2) is 0 Å². The van der Waals surface area contributed by atoms with Crippen molar-refractivity contribution < 1.29 is 4.79 Å². The van der Waals surface area contributed by atoms with Crippen molar-refractivity contribution in [2.45, 2.75) is 40.2 Å². The van der Waals surface area contributed by atoms with E-state index in [4.69, 9.17) is 0 Å². The first kappa shape index (κ1) is 18.7. The summed E-state index contributed by atoms with van der Waals surface area (Å²) in [6.07, 6.45) is 1.40. The molecule has 6 heteroatoms. The average Bonchev–Trinajstić information content (AvgIpc) is 2.56. The zero-order valence-corrected chi connectivity index (χ0v) is 15.6. The number of hydrogen-bond donors (Lipinski definition) is 2. The van der Waals surface area contributed by atoms with Crippen LogP contribution in [0.15, 0.2) is 36.7 Å². The Morgan fingerprint density at radius 3 is 2.28 bits per heavy atom. The van der Waals surface area contributed by atoms with Crippen LogP contribution in [0.4, 0.5) is 17.2 Å². The summed E-state index contributed by atoms with van der Waals surface area (Å²) in [6, 6.07) is 9.48. The lowest BCUT2D eigenvalue weighted by atomic mass is 10.1. The lowest BCUT2D eigenvalue weighted by Gasteiger charge is -2.21. The molecule has 0 unspecified atom stereocenters. The van der Waals surface area contributed by atoms with E-state index in [9.17, 15) is 4.79 Å². The van der Waals surface area contributed by atoms with Gasteiger partial charge in [-0.1, -0.05) is 0 Å². The highest BCUT2D eigenvalue weighted by molar-refractivity contribution is 6.03. The van der Waals surface area contributed by atoms with Crippen LogP contribution in [0.5, 0.6) is 0 Å². The number of benzene rings is 1. The molecule has 0 aliphatic carbocycles. The smallest absolute Gasteiger partial charge is 0.274 e. The van der Waals surface area contributed by atoms with Crippen LogP contribution in [0.3, 0.4) is 0 Å². The summed E-state index contributed by atoms with van der Waals surface area (Å²) in [5, 5.41) is 6.11.